The topological polar surface area (TPSA) is 47.8 Å². The summed E-state index contributed by atoms with van der Waals surface area (Å²) in [6.45, 7) is 1.92. The highest BCUT2D eigenvalue weighted by molar-refractivity contribution is 5.49. The lowest BCUT2D eigenvalue weighted by atomic mass is 10.3. The Kier molecular flexibility index (Phi) is 2.15. The molecule has 1 aromatic rings. The van der Waals surface area contributed by atoms with Crippen LogP contribution in [0.1, 0.15) is 19.4 Å². The summed E-state index contributed by atoms with van der Waals surface area (Å²) in [4.78, 5) is 13.8. The monoisotopic (exact) mass is 139 g/mol. The first-order valence-corrected chi connectivity index (χ1v) is 3.12. The van der Waals surface area contributed by atoms with E-state index in [2.05, 4.69) is 10.1 Å². The zero-order valence-corrected chi connectivity index (χ0v) is 5.77. The molecule has 4 heteroatoms. The number of aromatic nitrogens is 3. The smallest absolute Gasteiger partial charge is 0.137 e. The van der Waals surface area contributed by atoms with Gasteiger partial charge in [-0.25, -0.2) is 9.67 Å². The molecule has 0 aliphatic carbocycles. The zero-order valence-electron chi connectivity index (χ0n) is 5.77. The van der Waals surface area contributed by atoms with Crippen molar-refractivity contribution in [2.45, 2.75) is 19.4 Å². The minimum atomic E-state index is 0.125. The maximum atomic E-state index is 10.0. The maximum absolute atomic E-state index is 10.0. The minimum absolute atomic E-state index is 0.125. The molecule has 54 valence electrons. The van der Waals surface area contributed by atoms with Gasteiger partial charge in [0.25, 0.3) is 0 Å². The van der Waals surface area contributed by atoms with Crippen LogP contribution >= 0.6 is 0 Å². The molecule has 0 spiro atoms. The standard InChI is InChI=1S/C6H9N3O/c1-6(2-3-10)9-5-7-4-8-9/h3-6H,2H2,1H3/t6-/m0/s1. The van der Waals surface area contributed by atoms with Gasteiger partial charge in [-0.2, -0.15) is 5.10 Å². The molecule has 0 saturated carbocycles. The van der Waals surface area contributed by atoms with Gasteiger partial charge in [0.2, 0.25) is 0 Å². The van der Waals surface area contributed by atoms with Crippen molar-refractivity contribution in [1.29, 1.82) is 0 Å². The van der Waals surface area contributed by atoms with Crippen LogP contribution in [0, 0.1) is 0 Å². The molecule has 0 aromatic carbocycles. The largest absolute Gasteiger partial charge is 0.303 e. The van der Waals surface area contributed by atoms with E-state index in [0.717, 1.165) is 6.29 Å². The number of carbonyl (C=O) groups is 1. The van der Waals surface area contributed by atoms with Crippen LogP contribution < -0.4 is 0 Å². The van der Waals surface area contributed by atoms with Crippen molar-refractivity contribution in [3.05, 3.63) is 12.7 Å². The van der Waals surface area contributed by atoms with Gasteiger partial charge in [-0.3, -0.25) is 0 Å². The van der Waals surface area contributed by atoms with Crippen LogP contribution in [0.3, 0.4) is 0 Å². The molecule has 0 N–H and O–H groups in total. The average Bonchev–Trinajstić information content (AvgIpc) is 2.38. The van der Waals surface area contributed by atoms with Gasteiger partial charge in [-0.1, -0.05) is 0 Å². The van der Waals surface area contributed by atoms with Crippen molar-refractivity contribution in [2.75, 3.05) is 0 Å². The quantitative estimate of drug-likeness (QED) is 0.570. The van der Waals surface area contributed by atoms with Crippen molar-refractivity contribution < 1.29 is 4.79 Å². The van der Waals surface area contributed by atoms with Gasteiger partial charge in [0, 0.05) is 6.42 Å². The molecule has 1 heterocycles. The molecule has 0 bridgehead atoms. The number of hydrogen-bond donors (Lipinski definition) is 0. The average molecular weight is 139 g/mol. The molecule has 0 fully saturated rings. The van der Waals surface area contributed by atoms with Crippen LogP contribution in [0.2, 0.25) is 0 Å². The van der Waals surface area contributed by atoms with E-state index in [1.165, 1.54) is 6.33 Å². The number of nitrogens with zero attached hydrogens (tertiary/aromatic N) is 3. The van der Waals surface area contributed by atoms with E-state index < -0.39 is 0 Å². The molecule has 0 amide bonds. The Balaban J connectivity index is 2.58. The SMILES string of the molecule is C[C@@H](CC=O)n1cncn1. The third-order valence-electron chi connectivity index (χ3n) is 1.33. The Hall–Kier alpha value is -1.19. The first-order chi connectivity index (χ1) is 4.84. The van der Waals surface area contributed by atoms with Crippen LogP contribution in [-0.4, -0.2) is 21.1 Å². The number of carbonyl (C=O) groups excluding carboxylic acids is 1. The third-order valence-corrected chi connectivity index (χ3v) is 1.33. The summed E-state index contributed by atoms with van der Waals surface area (Å²) < 4.78 is 1.66. The van der Waals surface area contributed by atoms with E-state index in [-0.39, 0.29) is 6.04 Å². The molecule has 0 unspecified atom stereocenters. The van der Waals surface area contributed by atoms with E-state index >= 15 is 0 Å². The number of aldehydes is 1. The molecular formula is C6H9N3O. The Morgan fingerprint density at radius 2 is 2.60 bits per heavy atom. The first kappa shape index (κ1) is 6.92. The lowest BCUT2D eigenvalue weighted by Crippen LogP contribution is -2.05. The fourth-order valence-electron chi connectivity index (χ4n) is 0.692. The normalized spacial score (nSPS) is 12.9. The number of hydrogen-bond acceptors (Lipinski definition) is 3. The van der Waals surface area contributed by atoms with Crippen molar-refractivity contribution in [3.63, 3.8) is 0 Å². The first-order valence-electron chi connectivity index (χ1n) is 3.12. The Morgan fingerprint density at radius 1 is 1.80 bits per heavy atom. The Labute approximate surface area is 58.9 Å². The summed E-state index contributed by atoms with van der Waals surface area (Å²) in [5, 5.41) is 3.88. The molecule has 0 saturated heterocycles. The predicted octanol–water partition coefficient (Wildman–Crippen LogP) is 0.428. The van der Waals surface area contributed by atoms with Crippen molar-refractivity contribution in [1.82, 2.24) is 14.8 Å². The van der Waals surface area contributed by atoms with Gasteiger partial charge in [0.15, 0.2) is 0 Å². The number of rotatable bonds is 3. The molecular weight excluding hydrogens is 130 g/mol. The van der Waals surface area contributed by atoms with Crippen LogP contribution in [0.15, 0.2) is 12.7 Å². The summed E-state index contributed by atoms with van der Waals surface area (Å²) >= 11 is 0. The second-order valence-corrected chi connectivity index (χ2v) is 2.13. The molecule has 1 aromatic heterocycles. The van der Waals surface area contributed by atoms with Gasteiger partial charge in [0.1, 0.15) is 18.9 Å². The third kappa shape index (κ3) is 1.40. The van der Waals surface area contributed by atoms with E-state index in [1.807, 2.05) is 6.92 Å². The highest BCUT2D eigenvalue weighted by atomic mass is 16.1. The molecule has 0 aliphatic rings. The second-order valence-electron chi connectivity index (χ2n) is 2.13. The summed E-state index contributed by atoms with van der Waals surface area (Å²) in [5.41, 5.74) is 0. The van der Waals surface area contributed by atoms with E-state index in [0.29, 0.717) is 6.42 Å². The summed E-state index contributed by atoms with van der Waals surface area (Å²) in [6.07, 6.45) is 4.44. The van der Waals surface area contributed by atoms with E-state index in [9.17, 15) is 4.79 Å². The van der Waals surface area contributed by atoms with Crippen LogP contribution in [-0.2, 0) is 4.79 Å². The second kappa shape index (κ2) is 3.10. The summed E-state index contributed by atoms with van der Waals surface area (Å²) in [6, 6.07) is 0.125. The van der Waals surface area contributed by atoms with E-state index in [4.69, 9.17) is 0 Å². The van der Waals surface area contributed by atoms with E-state index in [1.54, 1.807) is 11.0 Å². The van der Waals surface area contributed by atoms with Crippen molar-refractivity contribution >= 4 is 6.29 Å². The van der Waals surface area contributed by atoms with Gasteiger partial charge in [-0.15, -0.1) is 0 Å². The fraction of sp³-hybridized carbons (Fsp3) is 0.500. The van der Waals surface area contributed by atoms with Gasteiger partial charge < -0.3 is 4.79 Å². The summed E-state index contributed by atoms with van der Waals surface area (Å²) in [7, 11) is 0. The van der Waals surface area contributed by atoms with Gasteiger partial charge in [0.05, 0.1) is 6.04 Å². The molecule has 4 nitrogen and oxygen atoms in total. The molecule has 0 aliphatic heterocycles. The predicted molar refractivity (Wildman–Crippen MR) is 35.4 cm³/mol. The molecule has 10 heavy (non-hydrogen) atoms. The lowest BCUT2D eigenvalue weighted by molar-refractivity contribution is -0.108. The summed E-state index contributed by atoms with van der Waals surface area (Å²) in [5.74, 6) is 0. The highest BCUT2D eigenvalue weighted by Crippen LogP contribution is 2.03. The highest BCUT2D eigenvalue weighted by Gasteiger charge is 2.01. The maximum Gasteiger partial charge on any atom is 0.137 e. The Bertz CT molecular complexity index is 195. The Morgan fingerprint density at radius 3 is 3.10 bits per heavy atom. The van der Waals surface area contributed by atoms with Crippen LogP contribution in [0.5, 0.6) is 0 Å². The molecule has 1 rings (SSSR count). The fourth-order valence-corrected chi connectivity index (χ4v) is 0.692. The minimum Gasteiger partial charge on any atom is -0.303 e. The van der Waals surface area contributed by atoms with Gasteiger partial charge >= 0.3 is 0 Å². The van der Waals surface area contributed by atoms with Crippen LogP contribution in [0.25, 0.3) is 0 Å². The molecule has 1 atom stereocenters. The molecule has 0 radical (unpaired) electrons. The van der Waals surface area contributed by atoms with Gasteiger partial charge in [-0.05, 0) is 6.92 Å². The van der Waals surface area contributed by atoms with Crippen LogP contribution in [0.4, 0.5) is 0 Å². The van der Waals surface area contributed by atoms with Crippen molar-refractivity contribution in [3.8, 4) is 0 Å². The zero-order chi connectivity index (χ0) is 7.40. The lowest BCUT2D eigenvalue weighted by Gasteiger charge is -2.05. The van der Waals surface area contributed by atoms with Crippen molar-refractivity contribution in [2.24, 2.45) is 0 Å².